The number of anilines is 1. The van der Waals surface area contributed by atoms with Crippen molar-refractivity contribution in [3.8, 4) is 11.1 Å². The predicted octanol–water partition coefficient (Wildman–Crippen LogP) is 3.62. The molecule has 148 valence electrons. The summed E-state index contributed by atoms with van der Waals surface area (Å²) in [6.07, 6.45) is 12.1. The maximum atomic E-state index is 4.69. The van der Waals surface area contributed by atoms with Crippen LogP contribution in [-0.2, 0) is 0 Å². The highest BCUT2D eigenvalue weighted by Crippen LogP contribution is 2.28. The molecule has 0 unspecified atom stereocenters. The van der Waals surface area contributed by atoms with Gasteiger partial charge in [0.2, 0.25) is 5.95 Å². The van der Waals surface area contributed by atoms with Crippen LogP contribution in [0.25, 0.3) is 27.7 Å². The average molecular weight is 387 g/mol. The van der Waals surface area contributed by atoms with E-state index in [2.05, 4.69) is 62.6 Å². The molecule has 1 saturated carbocycles. The number of hydrogen-bond donors (Lipinski definition) is 1. The molecular formula is C22H25N7. The normalized spacial score (nSPS) is 19.8. The smallest absolute Gasteiger partial charge is 0.241 e. The van der Waals surface area contributed by atoms with E-state index in [1.54, 1.807) is 12.4 Å². The van der Waals surface area contributed by atoms with Gasteiger partial charge in [0.25, 0.3) is 0 Å². The lowest BCUT2D eigenvalue weighted by molar-refractivity contribution is 0.221. The van der Waals surface area contributed by atoms with Gasteiger partial charge in [-0.1, -0.05) is 6.07 Å². The molecule has 0 amide bonds. The first-order valence-corrected chi connectivity index (χ1v) is 10.2. The van der Waals surface area contributed by atoms with Crippen molar-refractivity contribution in [1.82, 2.24) is 29.5 Å². The first-order valence-electron chi connectivity index (χ1n) is 10.2. The van der Waals surface area contributed by atoms with E-state index in [-0.39, 0.29) is 0 Å². The van der Waals surface area contributed by atoms with Gasteiger partial charge < -0.3 is 10.2 Å². The number of nitrogens with one attached hydrogen (secondary N) is 1. The number of nitrogens with zero attached hydrogens (tertiary/aromatic N) is 6. The molecule has 0 aliphatic heterocycles. The molecule has 0 bridgehead atoms. The summed E-state index contributed by atoms with van der Waals surface area (Å²) in [5, 5.41) is 8.21. The van der Waals surface area contributed by atoms with Crippen molar-refractivity contribution in [2.75, 3.05) is 19.4 Å². The molecule has 0 radical (unpaired) electrons. The molecule has 3 heterocycles. The largest absolute Gasteiger partial charge is 0.350 e. The van der Waals surface area contributed by atoms with Gasteiger partial charge in [0.1, 0.15) is 0 Å². The zero-order chi connectivity index (χ0) is 19.8. The molecule has 1 N–H and O–H groups in total. The van der Waals surface area contributed by atoms with Crippen LogP contribution in [0, 0.1) is 0 Å². The summed E-state index contributed by atoms with van der Waals surface area (Å²) < 4.78 is 1.90. The molecule has 1 fully saturated rings. The van der Waals surface area contributed by atoms with Crippen molar-refractivity contribution in [2.24, 2.45) is 0 Å². The first-order chi connectivity index (χ1) is 14.2. The van der Waals surface area contributed by atoms with E-state index in [0.29, 0.717) is 18.0 Å². The van der Waals surface area contributed by atoms with E-state index >= 15 is 0 Å². The minimum atomic E-state index is 0.442. The van der Waals surface area contributed by atoms with Gasteiger partial charge in [0, 0.05) is 36.2 Å². The Bertz CT molecular complexity index is 1140. The van der Waals surface area contributed by atoms with Crippen molar-refractivity contribution in [3.05, 3.63) is 49.1 Å². The number of rotatable bonds is 4. The summed E-state index contributed by atoms with van der Waals surface area (Å²) in [5.74, 6) is 0.692. The van der Waals surface area contributed by atoms with E-state index in [1.165, 1.54) is 12.8 Å². The zero-order valence-electron chi connectivity index (χ0n) is 16.8. The number of hydrogen-bond acceptors (Lipinski definition) is 6. The third-order valence-corrected chi connectivity index (χ3v) is 5.96. The summed E-state index contributed by atoms with van der Waals surface area (Å²) in [6.45, 7) is 0. The molecule has 1 aliphatic rings. The molecule has 1 aliphatic carbocycles. The maximum absolute atomic E-state index is 4.69. The third kappa shape index (κ3) is 3.53. The van der Waals surface area contributed by atoms with Crippen LogP contribution in [0.5, 0.6) is 0 Å². The number of benzene rings is 1. The summed E-state index contributed by atoms with van der Waals surface area (Å²) in [5.41, 5.74) is 4.95. The fourth-order valence-corrected chi connectivity index (χ4v) is 4.26. The molecule has 4 aromatic rings. The highest BCUT2D eigenvalue weighted by Gasteiger charge is 2.23. The second-order valence-corrected chi connectivity index (χ2v) is 8.01. The Labute approximate surface area is 169 Å². The molecule has 29 heavy (non-hydrogen) atoms. The molecule has 3 aromatic heterocycles. The van der Waals surface area contributed by atoms with Gasteiger partial charge >= 0.3 is 0 Å². The topological polar surface area (TPSA) is 71.2 Å². The Morgan fingerprint density at radius 2 is 1.76 bits per heavy atom. The van der Waals surface area contributed by atoms with Gasteiger partial charge in [0.05, 0.1) is 22.7 Å². The van der Waals surface area contributed by atoms with Crippen LogP contribution in [0.3, 0.4) is 0 Å². The Morgan fingerprint density at radius 1 is 0.966 bits per heavy atom. The van der Waals surface area contributed by atoms with Gasteiger partial charge in [-0.05, 0) is 63.5 Å². The predicted molar refractivity (Wildman–Crippen MR) is 115 cm³/mol. The lowest BCUT2D eigenvalue weighted by atomic mass is 9.91. The molecular weight excluding hydrogens is 362 g/mol. The van der Waals surface area contributed by atoms with Gasteiger partial charge in [-0.3, -0.25) is 9.97 Å². The Morgan fingerprint density at radius 3 is 2.55 bits per heavy atom. The minimum absolute atomic E-state index is 0.442. The fourth-order valence-electron chi connectivity index (χ4n) is 4.26. The number of aromatic nitrogens is 5. The Kier molecular flexibility index (Phi) is 4.60. The molecule has 0 saturated heterocycles. The summed E-state index contributed by atoms with van der Waals surface area (Å²) in [7, 11) is 4.34. The third-order valence-electron chi connectivity index (χ3n) is 5.96. The molecule has 1 aromatic carbocycles. The lowest BCUT2D eigenvalue weighted by Crippen LogP contribution is -2.36. The van der Waals surface area contributed by atoms with E-state index in [1.807, 2.05) is 23.0 Å². The first kappa shape index (κ1) is 18.0. The monoisotopic (exact) mass is 387 g/mol. The van der Waals surface area contributed by atoms with Crippen LogP contribution in [0.1, 0.15) is 25.7 Å². The van der Waals surface area contributed by atoms with Crippen LogP contribution in [0.2, 0.25) is 0 Å². The van der Waals surface area contributed by atoms with Gasteiger partial charge in [-0.2, -0.15) is 0 Å². The van der Waals surface area contributed by atoms with Crippen molar-refractivity contribution in [3.63, 3.8) is 0 Å². The van der Waals surface area contributed by atoms with Gasteiger partial charge in [-0.15, -0.1) is 5.10 Å². The second-order valence-electron chi connectivity index (χ2n) is 8.01. The zero-order valence-corrected chi connectivity index (χ0v) is 16.8. The van der Waals surface area contributed by atoms with Gasteiger partial charge in [-0.25, -0.2) is 9.50 Å². The van der Waals surface area contributed by atoms with Crippen LogP contribution in [0.15, 0.2) is 49.1 Å². The van der Waals surface area contributed by atoms with Crippen molar-refractivity contribution in [2.45, 2.75) is 37.8 Å². The molecule has 5 rings (SSSR count). The molecule has 0 atom stereocenters. The standard InChI is InChI=1S/C22H25N7/c1-28(2)17-6-4-16(5-7-17)26-22-25-14-21-18(9-12-29(21)27-22)15-3-8-19-20(13-15)24-11-10-23-19/h3,8-14,16-17H,4-7H2,1-2H3,(H,26,27)/t16-,17+. The van der Waals surface area contributed by atoms with Crippen LogP contribution in [-0.4, -0.2) is 55.6 Å². The fraction of sp³-hybridized carbons (Fsp3) is 0.364. The molecule has 7 heteroatoms. The lowest BCUT2D eigenvalue weighted by Gasteiger charge is -2.32. The second kappa shape index (κ2) is 7.40. The van der Waals surface area contributed by atoms with Crippen LogP contribution < -0.4 is 5.32 Å². The van der Waals surface area contributed by atoms with E-state index < -0.39 is 0 Å². The van der Waals surface area contributed by atoms with E-state index in [4.69, 9.17) is 0 Å². The van der Waals surface area contributed by atoms with Gasteiger partial charge in [0.15, 0.2) is 0 Å². The quantitative estimate of drug-likeness (QED) is 0.577. The Balaban J connectivity index is 1.37. The van der Waals surface area contributed by atoms with Crippen molar-refractivity contribution < 1.29 is 0 Å². The summed E-state index contributed by atoms with van der Waals surface area (Å²) >= 11 is 0. The average Bonchev–Trinajstić information content (AvgIpc) is 3.17. The van der Waals surface area contributed by atoms with Crippen LogP contribution in [0.4, 0.5) is 5.95 Å². The Hall–Kier alpha value is -3.06. The van der Waals surface area contributed by atoms with Crippen LogP contribution >= 0.6 is 0 Å². The summed E-state index contributed by atoms with van der Waals surface area (Å²) in [4.78, 5) is 15.7. The molecule has 7 nitrogen and oxygen atoms in total. The van der Waals surface area contributed by atoms with E-state index in [0.717, 1.165) is 40.5 Å². The van der Waals surface area contributed by atoms with E-state index in [9.17, 15) is 0 Å². The molecule has 0 spiro atoms. The SMILES string of the molecule is CN(C)[C@H]1CC[C@@H](Nc2ncc3c(-c4ccc5nccnc5c4)ccn3n2)CC1. The van der Waals surface area contributed by atoms with Crippen molar-refractivity contribution >= 4 is 22.5 Å². The maximum Gasteiger partial charge on any atom is 0.241 e. The highest BCUT2D eigenvalue weighted by molar-refractivity contribution is 5.86. The highest BCUT2D eigenvalue weighted by atomic mass is 15.3. The minimum Gasteiger partial charge on any atom is -0.350 e. The number of fused-ring (bicyclic) bond motifs is 2. The van der Waals surface area contributed by atoms with Crippen molar-refractivity contribution in [1.29, 1.82) is 0 Å². The summed E-state index contributed by atoms with van der Waals surface area (Å²) in [6, 6.07) is 9.34.